The number of carbonyl (C=O) groups is 1. The third-order valence-corrected chi connectivity index (χ3v) is 4.55. The molecule has 5 nitrogen and oxygen atoms in total. The molecule has 1 saturated heterocycles. The number of methoxy groups -OCH3 is 2. The van der Waals surface area contributed by atoms with Crippen molar-refractivity contribution in [1.82, 2.24) is 9.80 Å². The molecule has 1 amide bonds. The molecule has 1 heterocycles. The van der Waals surface area contributed by atoms with Gasteiger partial charge in [-0.1, -0.05) is 30.3 Å². The Morgan fingerprint density at radius 1 is 0.960 bits per heavy atom. The molecule has 25 heavy (non-hydrogen) atoms. The first-order chi connectivity index (χ1) is 12.2. The Morgan fingerprint density at radius 2 is 1.68 bits per heavy atom. The third-order valence-electron chi connectivity index (χ3n) is 4.55. The van der Waals surface area contributed by atoms with E-state index in [1.54, 1.807) is 32.4 Å². The predicted octanol–water partition coefficient (Wildman–Crippen LogP) is 2.66. The standard InChI is InChI=1S/C20H24N2O3/c1-24-17-8-9-19(25-2)18(14-17)20(23)22-12-10-21(11-13-22)15-16-6-4-3-5-7-16/h3-9,14H,10-13,15H2,1-2H3. The van der Waals surface area contributed by atoms with Crippen molar-refractivity contribution < 1.29 is 14.3 Å². The van der Waals surface area contributed by atoms with Gasteiger partial charge in [0.2, 0.25) is 0 Å². The summed E-state index contributed by atoms with van der Waals surface area (Å²) in [7, 11) is 3.18. The summed E-state index contributed by atoms with van der Waals surface area (Å²) < 4.78 is 10.6. The molecule has 2 aromatic carbocycles. The van der Waals surface area contributed by atoms with Crippen molar-refractivity contribution in [1.29, 1.82) is 0 Å². The van der Waals surface area contributed by atoms with Gasteiger partial charge in [-0.3, -0.25) is 9.69 Å². The van der Waals surface area contributed by atoms with Gasteiger partial charge in [-0.25, -0.2) is 0 Å². The topological polar surface area (TPSA) is 42.0 Å². The SMILES string of the molecule is COc1ccc(OC)c(C(=O)N2CCN(Cc3ccccc3)CC2)c1. The van der Waals surface area contributed by atoms with Gasteiger partial charge in [-0.05, 0) is 23.8 Å². The minimum Gasteiger partial charge on any atom is -0.497 e. The number of hydrogen-bond donors (Lipinski definition) is 0. The zero-order chi connectivity index (χ0) is 17.6. The van der Waals surface area contributed by atoms with E-state index < -0.39 is 0 Å². The van der Waals surface area contributed by atoms with E-state index in [9.17, 15) is 4.79 Å². The Labute approximate surface area is 148 Å². The Bertz CT molecular complexity index is 710. The predicted molar refractivity (Wildman–Crippen MR) is 97.2 cm³/mol. The van der Waals surface area contributed by atoms with Gasteiger partial charge in [0.15, 0.2) is 0 Å². The van der Waals surface area contributed by atoms with Crippen LogP contribution in [0.15, 0.2) is 48.5 Å². The van der Waals surface area contributed by atoms with Crippen LogP contribution in [-0.4, -0.2) is 56.1 Å². The summed E-state index contributed by atoms with van der Waals surface area (Å²) in [5.74, 6) is 1.24. The lowest BCUT2D eigenvalue weighted by Gasteiger charge is -2.35. The fourth-order valence-electron chi connectivity index (χ4n) is 3.10. The minimum atomic E-state index is -0.00453. The summed E-state index contributed by atoms with van der Waals surface area (Å²) >= 11 is 0. The largest absolute Gasteiger partial charge is 0.497 e. The number of piperazine rings is 1. The number of benzene rings is 2. The number of carbonyl (C=O) groups excluding carboxylic acids is 1. The lowest BCUT2D eigenvalue weighted by molar-refractivity contribution is 0.0625. The summed E-state index contributed by atoms with van der Waals surface area (Å²) in [6, 6.07) is 15.7. The van der Waals surface area contributed by atoms with Crippen molar-refractivity contribution in [2.45, 2.75) is 6.54 Å². The van der Waals surface area contributed by atoms with E-state index in [0.717, 1.165) is 19.6 Å². The van der Waals surface area contributed by atoms with Gasteiger partial charge in [0, 0.05) is 32.7 Å². The zero-order valence-corrected chi connectivity index (χ0v) is 14.8. The van der Waals surface area contributed by atoms with Crippen molar-refractivity contribution in [3.63, 3.8) is 0 Å². The van der Waals surface area contributed by atoms with Crippen LogP contribution in [-0.2, 0) is 6.54 Å². The molecule has 1 aliphatic heterocycles. The summed E-state index contributed by atoms with van der Waals surface area (Å²) in [6.07, 6.45) is 0. The van der Waals surface area contributed by atoms with Gasteiger partial charge in [-0.2, -0.15) is 0 Å². The highest BCUT2D eigenvalue weighted by molar-refractivity contribution is 5.97. The molecular formula is C20H24N2O3. The van der Waals surface area contributed by atoms with E-state index >= 15 is 0 Å². The number of ether oxygens (including phenoxy) is 2. The Morgan fingerprint density at radius 3 is 2.32 bits per heavy atom. The fourth-order valence-corrected chi connectivity index (χ4v) is 3.10. The molecule has 0 N–H and O–H groups in total. The molecule has 2 aromatic rings. The monoisotopic (exact) mass is 340 g/mol. The number of nitrogens with zero attached hydrogens (tertiary/aromatic N) is 2. The molecule has 0 aliphatic carbocycles. The molecule has 5 heteroatoms. The Balaban J connectivity index is 1.63. The molecule has 0 radical (unpaired) electrons. The lowest BCUT2D eigenvalue weighted by Crippen LogP contribution is -2.48. The average molecular weight is 340 g/mol. The Hall–Kier alpha value is -2.53. The van der Waals surface area contributed by atoms with Gasteiger partial charge >= 0.3 is 0 Å². The highest BCUT2D eigenvalue weighted by atomic mass is 16.5. The second kappa shape index (κ2) is 8.03. The van der Waals surface area contributed by atoms with Crippen LogP contribution in [0.25, 0.3) is 0 Å². The highest BCUT2D eigenvalue weighted by Gasteiger charge is 2.24. The molecule has 0 aromatic heterocycles. The van der Waals surface area contributed by atoms with Crippen LogP contribution < -0.4 is 9.47 Å². The molecule has 0 atom stereocenters. The summed E-state index contributed by atoms with van der Waals surface area (Å²) in [6.45, 7) is 4.09. The molecule has 132 valence electrons. The lowest BCUT2D eigenvalue weighted by atomic mass is 10.1. The van der Waals surface area contributed by atoms with Crippen molar-refractivity contribution in [3.8, 4) is 11.5 Å². The fraction of sp³-hybridized carbons (Fsp3) is 0.350. The van der Waals surface area contributed by atoms with E-state index in [0.29, 0.717) is 30.2 Å². The van der Waals surface area contributed by atoms with Crippen molar-refractivity contribution in [2.24, 2.45) is 0 Å². The molecule has 0 bridgehead atoms. The maximum absolute atomic E-state index is 12.9. The first kappa shape index (κ1) is 17.3. The van der Waals surface area contributed by atoms with Gasteiger partial charge in [0.25, 0.3) is 5.91 Å². The van der Waals surface area contributed by atoms with Gasteiger partial charge in [0.1, 0.15) is 11.5 Å². The van der Waals surface area contributed by atoms with E-state index in [1.807, 2.05) is 11.0 Å². The van der Waals surface area contributed by atoms with Crippen molar-refractivity contribution in [2.75, 3.05) is 40.4 Å². The van der Waals surface area contributed by atoms with E-state index in [1.165, 1.54) is 5.56 Å². The van der Waals surface area contributed by atoms with Crippen LogP contribution in [0.1, 0.15) is 15.9 Å². The van der Waals surface area contributed by atoms with Crippen molar-refractivity contribution in [3.05, 3.63) is 59.7 Å². The molecule has 0 saturated carbocycles. The second-order valence-electron chi connectivity index (χ2n) is 6.12. The van der Waals surface area contributed by atoms with Crippen molar-refractivity contribution >= 4 is 5.91 Å². The third kappa shape index (κ3) is 4.12. The van der Waals surface area contributed by atoms with E-state index in [-0.39, 0.29) is 5.91 Å². The van der Waals surface area contributed by atoms with Gasteiger partial charge in [0.05, 0.1) is 19.8 Å². The normalized spacial score (nSPS) is 15.0. The van der Waals surface area contributed by atoms with Crippen LogP contribution in [0.5, 0.6) is 11.5 Å². The molecule has 3 rings (SSSR count). The van der Waals surface area contributed by atoms with E-state index in [4.69, 9.17) is 9.47 Å². The summed E-state index contributed by atoms with van der Waals surface area (Å²) in [4.78, 5) is 17.1. The van der Waals surface area contributed by atoms with Crippen LogP contribution in [0.4, 0.5) is 0 Å². The zero-order valence-electron chi connectivity index (χ0n) is 14.8. The van der Waals surface area contributed by atoms with Crippen LogP contribution in [0.3, 0.4) is 0 Å². The quantitative estimate of drug-likeness (QED) is 0.839. The maximum atomic E-state index is 12.9. The molecular weight excluding hydrogens is 316 g/mol. The Kier molecular flexibility index (Phi) is 5.56. The number of rotatable bonds is 5. The average Bonchev–Trinajstić information content (AvgIpc) is 2.68. The summed E-state index contributed by atoms with van der Waals surface area (Å²) in [5.41, 5.74) is 1.86. The van der Waals surface area contributed by atoms with Crippen LogP contribution >= 0.6 is 0 Å². The van der Waals surface area contributed by atoms with Gasteiger partial charge < -0.3 is 14.4 Å². The second-order valence-corrected chi connectivity index (χ2v) is 6.12. The van der Waals surface area contributed by atoms with E-state index in [2.05, 4.69) is 29.2 Å². The van der Waals surface area contributed by atoms with Crippen LogP contribution in [0.2, 0.25) is 0 Å². The molecule has 0 spiro atoms. The minimum absolute atomic E-state index is 0.00453. The van der Waals surface area contributed by atoms with Gasteiger partial charge in [-0.15, -0.1) is 0 Å². The molecule has 1 aliphatic rings. The first-order valence-corrected chi connectivity index (χ1v) is 8.49. The molecule has 1 fully saturated rings. The number of hydrogen-bond acceptors (Lipinski definition) is 4. The number of amides is 1. The summed E-state index contributed by atoms with van der Waals surface area (Å²) in [5, 5.41) is 0. The molecule has 0 unspecified atom stereocenters. The smallest absolute Gasteiger partial charge is 0.257 e. The van der Waals surface area contributed by atoms with Crippen LogP contribution in [0, 0.1) is 0 Å². The maximum Gasteiger partial charge on any atom is 0.257 e. The first-order valence-electron chi connectivity index (χ1n) is 8.49. The highest BCUT2D eigenvalue weighted by Crippen LogP contribution is 2.25.